The van der Waals surface area contributed by atoms with Crippen LogP contribution in [0.4, 0.5) is 0 Å². The van der Waals surface area contributed by atoms with Crippen molar-refractivity contribution in [1.29, 1.82) is 0 Å². The molecule has 1 saturated heterocycles. The third-order valence-corrected chi connectivity index (χ3v) is 1.90. The fraction of sp³-hybridized carbons (Fsp3) is 1.00. The number of hydrogen-bond donors (Lipinski definition) is 4. The Hall–Kier alpha value is -0.200. The van der Waals surface area contributed by atoms with Crippen molar-refractivity contribution in [3.63, 3.8) is 0 Å². The van der Waals surface area contributed by atoms with E-state index in [-0.39, 0.29) is 13.2 Å². The first kappa shape index (κ1) is 8.89. The molecule has 4 N–H and O–H groups in total. The normalized spacial score (nSPS) is 44.7. The average Bonchev–Trinajstić information content (AvgIpc) is 2.31. The molecule has 1 aliphatic heterocycles. The van der Waals surface area contributed by atoms with Gasteiger partial charge in [-0.1, -0.05) is 0 Å². The van der Waals surface area contributed by atoms with E-state index < -0.39 is 24.4 Å². The average molecular weight is 164 g/mol. The van der Waals surface area contributed by atoms with Gasteiger partial charge in [0, 0.05) is 0 Å². The van der Waals surface area contributed by atoms with Crippen molar-refractivity contribution in [2.24, 2.45) is 0 Å². The van der Waals surface area contributed by atoms with Crippen LogP contribution in [0.3, 0.4) is 0 Å². The molecule has 0 bridgehead atoms. The first-order chi connectivity index (χ1) is 5.14. The van der Waals surface area contributed by atoms with Gasteiger partial charge >= 0.3 is 0 Å². The summed E-state index contributed by atoms with van der Waals surface area (Å²) in [6, 6.07) is 0. The zero-order chi connectivity index (χ0) is 8.48. The minimum atomic E-state index is -1.60. The number of ether oxygens (including phenoxy) is 1. The standard InChI is InChI=1S/C6H12O5/c7-1-4-5(9)6(10,2-8)3-11-4/h4-5,7-10H,1-3H2/t4-,5+,6-/m1/s1. The smallest absolute Gasteiger partial charge is 0.139 e. The second-order valence-corrected chi connectivity index (χ2v) is 2.74. The Morgan fingerprint density at radius 3 is 2.36 bits per heavy atom. The lowest BCUT2D eigenvalue weighted by molar-refractivity contribution is -0.0842. The van der Waals surface area contributed by atoms with E-state index >= 15 is 0 Å². The van der Waals surface area contributed by atoms with Crippen molar-refractivity contribution in [2.45, 2.75) is 17.8 Å². The summed E-state index contributed by atoms with van der Waals surface area (Å²) < 4.78 is 4.81. The largest absolute Gasteiger partial charge is 0.394 e. The zero-order valence-electron chi connectivity index (χ0n) is 5.97. The second kappa shape index (κ2) is 3.04. The van der Waals surface area contributed by atoms with Crippen LogP contribution in [0, 0.1) is 0 Å². The predicted molar refractivity (Wildman–Crippen MR) is 34.9 cm³/mol. The Balaban J connectivity index is 2.61. The molecule has 11 heavy (non-hydrogen) atoms. The summed E-state index contributed by atoms with van der Waals surface area (Å²) in [7, 11) is 0. The van der Waals surface area contributed by atoms with E-state index in [1.165, 1.54) is 0 Å². The molecule has 0 radical (unpaired) electrons. The molecule has 0 amide bonds. The number of rotatable bonds is 2. The van der Waals surface area contributed by atoms with E-state index in [0.717, 1.165) is 0 Å². The van der Waals surface area contributed by atoms with Crippen LogP contribution in [-0.4, -0.2) is 58.1 Å². The number of aliphatic hydroxyl groups is 4. The highest BCUT2D eigenvalue weighted by molar-refractivity contribution is 4.96. The van der Waals surface area contributed by atoms with Gasteiger partial charge in [-0.2, -0.15) is 0 Å². The molecule has 1 aliphatic rings. The molecule has 0 unspecified atom stereocenters. The minimum Gasteiger partial charge on any atom is -0.394 e. The van der Waals surface area contributed by atoms with Crippen LogP contribution in [0.25, 0.3) is 0 Å². The van der Waals surface area contributed by atoms with Crippen LogP contribution in [0.15, 0.2) is 0 Å². The summed E-state index contributed by atoms with van der Waals surface area (Å²) in [6.45, 7) is -1.07. The van der Waals surface area contributed by atoms with Crippen molar-refractivity contribution < 1.29 is 25.2 Å². The van der Waals surface area contributed by atoms with Gasteiger partial charge in [0.15, 0.2) is 0 Å². The van der Waals surface area contributed by atoms with Gasteiger partial charge in [0.25, 0.3) is 0 Å². The Morgan fingerprint density at radius 2 is 2.09 bits per heavy atom. The van der Waals surface area contributed by atoms with E-state index in [1.807, 2.05) is 0 Å². The molecule has 5 nitrogen and oxygen atoms in total. The predicted octanol–water partition coefficient (Wildman–Crippen LogP) is -2.54. The summed E-state index contributed by atoms with van der Waals surface area (Å²) in [5.74, 6) is 0. The van der Waals surface area contributed by atoms with Crippen LogP contribution in [0.5, 0.6) is 0 Å². The Labute approximate surface area is 63.8 Å². The molecule has 0 aliphatic carbocycles. The fourth-order valence-electron chi connectivity index (χ4n) is 1.07. The van der Waals surface area contributed by atoms with Crippen molar-refractivity contribution in [2.75, 3.05) is 19.8 Å². The molecule has 1 fully saturated rings. The highest BCUT2D eigenvalue weighted by atomic mass is 16.5. The van der Waals surface area contributed by atoms with Gasteiger partial charge in [0.05, 0.1) is 19.8 Å². The third-order valence-electron chi connectivity index (χ3n) is 1.90. The highest BCUT2D eigenvalue weighted by Crippen LogP contribution is 2.23. The van der Waals surface area contributed by atoms with Gasteiger partial charge < -0.3 is 25.2 Å². The first-order valence-corrected chi connectivity index (χ1v) is 3.38. The van der Waals surface area contributed by atoms with Crippen molar-refractivity contribution >= 4 is 0 Å². The molecule has 0 saturated carbocycles. The second-order valence-electron chi connectivity index (χ2n) is 2.74. The molecule has 1 rings (SSSR count). The van der Waals surface area contributed by atoms with Gasteiger partial charge in [-0.3, -0.25) is 0 Å². The molecular formula is C6H12O5. The van der Waals surface area contributed by atoms with E-state index in [4.69, 9.17) is 14.9 Å². The fourth-order valence-corrected chi connectivity index (χ4v) is 1.07. The lowest BCUT2D eigenvalue weighted by Crippen LogP contribution is -2.47. The van der Waals surface area contributed by atoms with Gasteiger partial charge in [0.1, 0.15) is 17.8 Å². The number of aliphatic hydroxyl groups excluding tert-OH is 3. The Kier molecular flexibility index (Phi) is 2.46. The SMILES string of the molecule is OC[C@H]1OC[C@](O)(CO)[C@H]1O. The molecule has 0 spiro atoms. The van der Waals surface area contributed by atoms with Gasteiger partial charge in [0.2, 0.25) is 0 Å². The molecule has 1 heterocycles. The summed E-state index contributed by atoms with van der Waals surface area (Å²) in [5, 5.41) is 35.8. The van der Waals surface area contributed by atoms with Gasteiger partial charge in [-0.25, -0.2) is 0 Å². The van der Waals surface area contributed by atoms with E-state index in [2.05, 4.69) is 0 Å². The zero-order valence-corrected chi connectivity index (χ0v) is 5.97. The quantitative estimate of drug-likeness (QED) is 0.361. The van der Waals surface area contributed by atoms with E-state index in [1.54, 1.807) is 0 Å². The molecule has 0 aromatic carbocycles. The van der Waals surface area contributed by atoms with Gasteiger partial charge in [-0.15, -0.1) is 0 Å². The summed E-state index contributed by atoms with van der Waals surface area (Å²) in [6.07, 6.45) is -2.00. The molecule has 0 aromatic heterocycles. The van der Waals surface area contributed by atoms with E-state index in [9.17, 15) is 10.2 Å². The molecule has 5 heteroatoms. The number of hydrogen-bond acceptors (Lipinski definition) is 5. The van der Waals surface area contributed by atoms with Crippen LogP contribution in [0.2, 0.25) is 0 Å². The van der Waals surface area contributed by atoms with Gasteiger partial charge in [-0.05, 0) is 0 Å². The van der Waals surface area contributed by atoms with Crippen LogP contribution in [0.1, 0.15) is 0 Å². The first-order valence-electron chi connectivity index (χ1n) is 3.38. The Bertz CT molecular complexity index is 139. The van der Waals surface area contributed by atoms with Crippen LogP contribution < -0.4 is 0 Å². The maximum absolute atomic E-state index is 9.33. The maximum atomic E-state index is 9.33. The summed E-state index contributed by atoms with van der Waals surface area (Å²) in [4.78, 5) is 0. The minimum absolute atomic E-state index is 0.143. The van der Waals surface area contributed by atoms with Crippen molar-refractivity contribution in [1.82, 2.24) is 0 Å². The lowest BCUT2D eigenvalue weighted by atomic mass is 9.98. The lowest BCUT2D eigenvalue weighted by Gasteiger charge is -2.22. The van der Waals surface area contributed by atoms with E-state index in [0.29, 0.717) is 0 Å². The molecule has 66 valence electrons. The summed E-state index contributed by atoms with van der Waals surface area (Å²) in [5.41, 5.74) is -1.60. The topological polar surface area (TPSA) is 90.2 Å². The molecule has 3 atom stereocenters. The van der Waals surface area contributed by atoms with Crippen LogP contribution in [-0.2, 0) is 4.74 Å². The highest BCUT2D eigenvalue weighted by Gasteiger charge is 2.47. The molecular weight excluding hydrogens is 152 g/mol. The third kappa shape index (κ3) is 1.38. The van der Waals surface area contributed by atoms with Crippen molar-refractivity contribution in [3.05, 3.63) is 0 Å². The summed E-state index contributed by atoms with van der Waals surface area (Å²) >= 11 is 0. The monoisotopic (exact) mass is 164 g/mol. The molecule has 0 aromatic rings. The maximum Gasteiger partial charge on any atom is 0.139 e. The van der Waals surface area contributed by atoms with Crippen LogP contribution >= 0.6 is 0 Å². The van der Waals surface area contributed by atoms with Crippen molar-refractivity contribution in [3.8, 4) is 0 Å². The Morgan fingerprint density at radius 1 is 1.45 bits per heavy atom.